The van der Waals surface area contributed by atoms with E-state index in [2.05, 4.69) is 22.4 Å². The van der Waals surface area contributed by atoms with Crippen molar-refractivity contribution in [3.05, 3.63) is 76.5 Å². The van der Waals surface area contributed by atoms with Crippen LogP contribution in [0.15, 0.2) is 48.8 Å². The molecular weight excluding hydrogens is 585 g/mol. The first-order valence-electron chi connectivity index (χ1n) is 14.7. The van der Waals surface area contributed by atoms with Crippen molar-refractivity contribution in [2.45, 2.75) is 25.4 Å². The minimum absolute atomic E-state index is 0.0327. The molecule has 2 fully saturated rings. The fourth-order valence-corrected chi connectivity index (χ4v) is 6.73. The van der Waals surface area contributed by atoms with E-state index in [0.717, 1.165) is 27.7 Å². The van der Waals surface area contributed by atoms with Gasteiger partial charge in [-0.2, -0.15) is 9.97 Å². The average molecular weight is 618 g/mol. The summed E-state index contributed by atoms with van der Waals surface area (Å²) in [6.45, 7) is 13.7. The second kappa shape index (κ2) is 12.3. The highest BCUT2D eigenvalue weighted by Crippen LogP contribution is 2.37. The number of hydrogen-bond donors (Lipinski definition) is 0. The molecule has 44 heavy (non-hydrogen) atoms. The standard InChI is InChI=1S/C32H33ClFN7O3/c1-20(34)31(43)41-13-12-40(17-23(41)15-35-2)30-24-10-11-39(27-9-5-7-22-6-4-8-25(33)29(22)27)18-26(24)36-32(37-30)44-19-21-14-28(42)38(3)16-21/h4-9,21,23H,1,10-19H2,3H3/t21?,23-/m0/s1. The van der Waals surface area contributed by atoms with E-state index in [9.17, 15) is 14.0 Å². The fourth-order valence-electron chi connectivity index (χ4n) is 6.45. The summed E-state index contributed by atoms with van der Waals surface area (Å²) in [5.74, 6) is -0.998. The molecule has 2 saturated heterocycles. The number of benzene rings is 2. The van der Waals surface area contributed by atoms with E-state index >= 15 is 0 Å². The van der Waals surface area contributed by atoms with Crippen molar-refractivity contribution in [2.75, 3.05) is 62.7 Å². The van der Waals surface area contributed by atoms with Gasteiger partial charge in [-0.05, 0) is 23.9 Å². The lowest BCUT2D eigenvalue weighted by Crippen LogP contribution is -2.57. The maximum Gasteiger partial charge on any atom is 0.318 e. The lowest BCUT2D eigenvalue weighted by Gasteiger charge is -2.41. The Hall–Kier alpha value is -4.43. The number of ether oxygens (including phenoxy) is 1. The monoisotopic (exact) mass is 617 g/mol. The maximum absolute atomic E-state index is 13.8. The fraction of sp³-hybridized carbons (Fsp3) is 0.406. The second-order valence-electron chi connectivity index (χ2n) is 11.5. The van der Waals surface area contributed by atoms with Gasteiger partial charge in [0.15, 0.2) is 5.83 Å². The van der Waals surface area contributed by atoms with Crippen LogP contribution in [0.25, 0.3) is 15.6 Å². The van der Waals surface area contributed by atoms with Crippen LogP contribution in [0, 0.1) is 12.5 Å². The number of rotatable bonds is 7. The molecule has 228 valence electrons. The summed E-state index contributed by atoms with van der Waals surface area (Å²) in [6, 6.07) is 11.7. The van der Waals surface area contributed by atoms with Crippen LogP contribution < -0.4 is 14.5 Å². The molecule has 3 aromatic rings. The Morgan fingerprint density at radius 1 is 1.16 bits per heavy atom. The third-order valence-electron chi connectivity index (χ3n) is 8.64. The summed E-state index contributed by atoms with van der Waals surface area (Å²) in [5, 5.41) is 2.72. The number of likely N-dealkylation sites (tertiary alicyclic amines) is 1. The number of halogens is 2. The van der Waals surface area contributed by atoms with Crippen molar-refractivity contribution in [3.63, 3.8) is 0 Å². The zero-order chi connectivity index (χ0) is 31.0. The number of hydrogen-bond acceptors (Lipinski definition) is 7. The molecule has 2 amide bonds. The van der Waals surface area contributed by atoms with Crippen LogP contribution in [0.5, 0.6) is 6.01 Å². The lowest BCUT2D eigenvalue weighted by atomic mass is 10.0. The topological polar surface area (TPSA) is 86.5 Å². The van der Waals surface area contributed by atoms with Gasteiger partial charge in [-0.15, -0.1) is 0 Å². The Morgan fingerprint density at radius 3 is 2.68 bits per heavy atom. The van der Waals surface area contributed by atoms with E-state index in [4.69, 9.17) is 32.9 Å². The smallest absolute Gasteiger partial charge is 0.318 e. The highest BCUT2D eigenvalue weighted by atomic mass is 35.5. The lowest BCUT2D eigenvalue weighted by molar-refractivity contribution is -0.131. The van der Waals surface area contributed by atoms with E-state index in [1.165, 1.54) is 4.90 Å². The summed E-state index contributed by atoms with van der Waals surface area (Å²) in [6.07, 6.45) is 1.07. The van der Waals surface area contributed by atoms with Gasteiger partial charge >= 0.3 is 6.01 Å². The molecule has 1 aromatic heterocycles. The van der Waals surface area contributed by atoms with Crippen molar-refractivity contribution in [3.8, 4) is 6.01 Å². The largest absolute Gasteiger partial charge is 0.463 e. The van der Waals surface area contributed by atoms with Crippen molar-refractivity contribution >= 4 is 45.7 Å². The molecule has 0 saturated carbocycles. The van der Waals surface area contributed by atoms with Crippen molar-refractivity contribution in [2.24, 2.45) is 5.92 Å². The first kappa shape index (κ1) is 29.6. The number of anilines is 2. The molecule has 0 spiro atoms. The Kier molecular flexibility index (Phi) is 8.27. The van der Waals surface area contributed by atoms with Gasteiger partial charge in [-0.3, -0.25) is 9.59 Å². The predicted molar refractivity (Wildman–Crippen MR) is 166 cm³/mol. The summed E-state index contributed by atoms with van der Waals surface area (Å²) in [4.78, 5) is 45.2. The Morgan fingerprint density at radius 2 is 1.95 bits per heavy atom. The van der Waals surface area contributed by atoms with E-state index in [1.54, 1.807) is 11.9 Å². The van der Waals surface area contributed by atoms with Crippen LogP contribution in [0.2, 0.25) is 5.02 Å². The first-order valence-corrected chi connectivity index (χ1v) is 15.0. The number of aromatic nitrogens is 2. The van der Waals surface area contributed by atoms with Gasteiger partial charge in [-0.1, -0.05) is 42.4 Å². The maximum atomic E-state index is 13.8. The quantitative estimate of drug-likeness (QED) is 0.291. The van der Waals surface area contributed by atoms with Gasteiger partial charge in [0, 0.05) is 68.7 Å². The zero-order valence-electron chi connectivity index (χ0n) is 24.5. The predicted octanol–water partition coefficient (Wildman–Crippen LogP) is 4.12. The Bertz CT molecular complexity index is 1670. The van der Waals surface area contributed by atoms with Crippen LogP contribution in [-0.4, -0.2) is 90.5 Å². The number of amides is 2. The number of fused-ring (bicyclic) bond motifs is 2. The van der Waals surface area contributed by atoms with E-state index in [1.807, 2.05) is 35.2 Å². The van der Waals surface area contributed by atoms with Gasteiger partial charge in [0.1, 0.15) is 11.9 Å². The van der Waals surface area contributed by atoms with Gasteiger partial charge < -0.3 is 29.2 Å². The molecule has 0 radical (unpaired) electrons. The Labute approximate surface area is 260 Å². The molecule has 10 nitrogen and oxygen atoms in total. The molecule has 2 atom stereocenters. The number of piperazine rings is 1. The van der Waals surface area contributed by atoms with Crippen molar-refractivity contribution in [1.29, 1.82) is 0 Å². The molecule has 6 rings (SSSR count). The highest BCUT2D eigenvalue weighted by Gasteiger charge is 2.36. The van der Waals surface area contributed by atoms with E-state index in [0.29, 0.717) is 63.0 Å². The van der Waals surface area contributed by atoms with Crippen LogP contribution >= 0.6 is 11.6 Å². The van der Waals surface area contributed by atoms with Gasteiger partial charge in [0.25, 0.3) is 5.91 Å². The summed E-state index contributed by atoms with van der Waals surface area (Å²) >= 11 is 6.67. The van der Waals surface area contributed by atoms with Gasteiger partial charge in [-0.25, -0.2) is 11.0 Å². The van der Waals surface area contributed by atoms with E-state index < -0.39 is 17.8 Å². The first-order chi connectivity index (χ1) is 21.2. The van der Waals surface area contributed by atoms with Crippen molar-refractivity contribution in [1.82, 2.24) is 19.8 Å². The highest BCUT2D eigenvalue weighted by molar-refractivity contribution is 6.36. The minimum atomic E-state index is -1.03. The number of carbonyl (C=O) groups is 2. The molecule has 3 aliphatic heterocycles. The third kappa shape index (κ3) is 5.74. The summed E-state index contributed by atoms with van der Waals surface area (Å²) in [5.41, 5.74) is 2.81. The SMILES string of the molecule is [C-]#[N+]C[C@H]1CN(c2nc(OCC3CC(=O)N(C)C3)nc3c2CCN(c2cccc4cccc(Cl)c24)C3)CCN1C(=O)C(=C)F. The summed E-state index contributed by atoms with van der Waals surface area (Å²) < 4.78 is 19.9. The van der Waals surface area contributed by atoms with Crippen LogP contribution in [0.4, 0.5) is 15.9 Å². The minimum Gasteiger partial charge on any atom is -0.463 e. The van der Waals surface area contributed by atoms with Gasteiger partial charge in [0.2, 0.25) is 12.5 Å². The van der Waals surface area contributed by atoms with Crippen LogP contribution in [-0.2, 0) is 22.6 Å². The molecule has 0 N–H and O–H groups in total. The normalized spacial score (nSPS) is 20.1. The van der Waals surface area contributed by atoms with Crippen LogP contribution in [0.3, 0.4) is 0 Å². The Balaban J connectivity index is 1.33. The average Bonchev–Trinajstić information content (AvgIpc) is 3.35. The number of nitrogens with zero attached hydrogens (tertiary/aromatic N) is 7. The molecule has 0 aliphatic carbocycles. The molecule has 4 heterocycles. The molecule has 0 bridgehead atoms. The zero-order valence-corrected chi connectivity index (χ0v) is 25.3. The number of carbonyl (C=O) groups excluding carboxylic acids is 2. The molecule has 2 aromatic carbocycles. The third-order valence-corrected chi connectivity index (χ3v) is 8.96. The van der Waals surface area contributed by atoms with E-state index in [-0.39, 0.29) is 30.9 Å². The van der Waals surface area contributed by atoms with Crippen LogP contribution in [0.1, 0.15) is 17.7 Å². The summed E-state index contributed by atoms with van der Waals surface area (Å²) in [7, 11) is 1.78. The van der Waals surface area contributed by atoms with Gasteiger partial charge in [0.05, 0.1) is 23.9 Å². The molecule has 12 heteroatoms. The molecular formula is C32H33ClFN7O3. The molecule has 1 unspecified atom stereocenters. The van der Waals surface area contributed by atoms with Crippen molar-refractivity contribution < 1.29 is 18.7 Å². The molecule has 3 aliphatic rings. The second-order valence-corrected chi connectivity index (χ2v) is 11.9.